The third kappa shape index (κ3) is 62.6. The molecule has 0 saturated heterocycles. The van der Waals surface area contributed by atoms with Crippen LogP contribution >= 0.6 is 0 Å². The normalized spacial score (nSPS) is 4.00. The predicted molar refractivity (Wildman–Crippen MR) is 13.8 cm³/mol. The summed E-state index contributed by atoms with van der Waals surface area (Å²) in [6.07, 6.45) is -2.08. The van der Waals surface area contributed by atoms with E-state index in [0.29, 0.717) is 0 Å². The summed E-state index contributed by atoms with van der Waals surface area (Å²) in [4.78, 5) is 8.44. The minimum atomic E-state index is -2.08. The summed E-state index contributed by atoms with van der Waals surface area (Å²) in [5.74, 6) is 0. The van der Waals surface area contributed by atoms with E-state index in [0.717, 1.165) is 0 Å². The molecule has 1 N–H and O–H groups in total. The summed E-state index contributed by atoms with van der Waals surface area (Å²) >= 11 is 0. The summed E-state index contributed by atoms with van der Waals surface area (Å²) in [6, 6.07) is 0. The Morgan fingerprint density at radius 1 is 1.67 bits per heavy atom. The van der Waals surface area contributed by atoms with Crippen molar-refractivity contribution < 1.29 is 36.1 Å². The number of rotatable bonds is 0. The summed E-state index contributed by atoms with van der Waals surface area (Å²) in [5, 5.41) is 15.3. The minimum Gasteiger partial charge on any atom is -0.565 e. The standard InChI is InChI=1S/CH2O3.Ca.Pt/c2-1(3)4;;/h(H2,2,3,4);;/q;+2;/p-1. The van der Waals surface area contributed by atoms with Gasteiger partial charge in [0.15, 0.2) is 0 Å². The molecule has 34 valence electrons. The monoisotopic (exact) mass is 296 g/mol. The molecular weight excluding hydrogens is 295 g/mol. The average Bonchev–Trinajstić information content (AvgIpc) is 0.811. The second-order valence-corrected chi connectivity index (χ2v) is 0.266. The maximum absolute atomic E-state index is 8.44. The Labute approximate surface area is 79.0 Å². The first-order valence-corrected chi connectivity index (χ1v) is 0.632. The molecule has 0 aromatic carbocycles. The van der Waals surface area contributed by atoms with Gasteiger partial charge >= 0.3 is 37.7 Å². The van der Waals surface area contributed by atoms with Crippen molar-refractivity contribution in [2.75, 3.05) is 0 Å². The van der Waals surface area contributed by atoms with Crippen molar-refractivity contribution in [2.24, 2.45) is 0 Å². The number of carbonyl (C=O) groups is 1. The van der Waals surface area contributed by atoms with Gasteiger partial charge in [-0.05, 0) is 0 Å². The first kappa shape index (κ1) is 15.7. The fourth-order valence-corrected chi connectivity index (χ4v) is 0. The Balaban J connectivity index is -0.0000000450. The van der Waals surface area contributed by atoms with Gasteiger partial charge in [-0.2, -0.15) is 0 Å². The van der Waals surface area contributed by atoms with Gasteiger partial charge in [-0.1, -0.05) is 0 Å². The number of hydrogen-bond donors (Lipinski definition) is 1. The van der Waals surface area contributed by atoms with Crippen molar-refractivity contribution in [3.63, 3.8) is 0 Å². The molecule has 0 rings (SSSR count). The van der Waals surface area contributed by atoms with Crippen molar-refractivity contribution in [1.29, 1.82) is 0 Å². The maximum Gasteiger partial charge on any atom is 2.00 e. The molecule has 0 spiro atoms. The topological polar surface area (TPSA) is 60.4 Å². The summed E-state index contributed by atoms with van der Waals surface area (Å²) in [5.41, 5.74) is 0. The van der Waals surface area contributed by atoms with E-state index in [4.69, 9.17) is 15.0 Å². The molecule has 0 unspecified atom stereocenters. The van der Waals surface area contributed by atoms with Crippen LogP contribution < -0.4 is 5.11 Å². The first-order valence-electron chi connectivity index (χ1n) is 0.632. The third-order valence-electron chi connectivity index (χ3n) is 0. The Hall–Kier alpha value is 1.22. The quantitative estimate of drug-likeness (QED) is 0.554. The van der Waals surface area contributed by atoms with Crippen LogP contribution in [0.2, 0.25) is 0 Å². The fraction of sp³-hybridized carbons (Fsp3) is 0. The molecule has 5 heteroatoms. The molecule has 0 radical (unpaired) electrons. The molecule has 0 atom stereocenters. The van der Waals surface area contributed by atoms with E-state index in [9.17, 15) is 0 Å². The number of hydrogen-bond acceptors (Lipinski definition) is 2. The van der Waals surface area contributed by atoms with E-state index >= 15 is 0 Å². The molecule has 0 heterocycles. The van der Waals surface area contributed by atoms with E-state index < -0.39 is 6.16 Å². The van der Waals surface area contributed by atoms with Gasteiger partial charge in [0.2, 0.25) is 6.16 Å². The molecule has 0 aliphatic rings. The Kier molecular flexibility index (Phi) is 24.9. The molecular formula is CHCaO3Pt+. The zero-order chi connectivity index (χ0) is 3.58. The molecule has 0 fully saturated rings. The third-order valence-corrected chi connectivity index (χ3v) is 0. The molecule has 3 nitrogen and oxygen atoms in total. The van der Waals surface area contributed by atoms with Crippen LogP contribution in [0.15, 0.2) is 0 Å². The zero-order valence-corrected chi connectivity index (χ0v) is 7.27. The van der Waals surface area contributed by atoms with Crippen molar-refractivity contribution in [2.45, 2.75) is 0 Å². The summed E-state index contributed by atoms with van der Waals surface area (Å²) in [7, 11) is 0. The Morgan fingerprint density at radius 3 is 1.67 bits per heavy atom. The van der Waals surface area contributed by atoms with Crippen molar-refractivity contribution in [1.82, 2.24) is 0 Å². The second-order valence-electron chi connectivity index (χ2n) is 0.266. The summed E-state index contributed by atoms with van der Waals surface area (Å²) in [6.45, 7) is 0. The number of carboxylic acid groups (broad SMARTS) is 2. The zero-order valence-electron chi connectivity index (χ0n) is 2.79. The Bertz CT molecular complexity index is 33.8. The second kappa shape index (κ2) is 9.52. The van der Waals surface area contributed by atoms with E-state index in [2.05, 4.69) is 0 Å². The SMILES string of the molecule is O=C([O-])O.[Ca+2].[Pt]. The molecule has 0 aromatic heterocycles. The van der Waals surface area contributed by atoms with Gasteiger partial charge in [0.05, 0.1) is 0 Å². The van der Waals surface area contributed by atoms with Gasteiger partial charge in [0, 0.05) is 21.1 Å². The Morgan fingerprint density at radius 2 is 1.67 bits per heavy atom. The molecule has 0 aliphatic heterocycles. The van der Waals surface area contributed by atoms with Gasteiger partial charge in [0.25, 0.3) is 0 Å². The van der Waals surface area contributed by atoms with Crippen LogP contribution in [-0.4, -0.2) is 49.0 Å². The van der Waals surface area contributed by atoms with E-state index in [-0.39, 0.29) is 58.8 Å². The largest absolute Gasteiger partial charge is 2.00 e. The molecule has 0 amide bonds. The van der Waals surface area contributed by atoms with Crippen molar-refractivity contribution >= 4 is 43.9 Å². The van der Waals surface area contributed by atoms with Gasteiger partial charge in [0.1, 0.15) is 0 Å². The first-order chi connectivity index (χ1) is 1.73. The van der Waals surface area contributed by atoms with Crippen molar-refractivity contribution in [3.05, 3.63) is 0 Å². The van der Waals surface area contributed by atoms with E-state index in [1.807, 2.05) is 0 Å². The van der Waals surface area contributed by atoms with Crippen LogP contribution in [0.4, 0.5) is 4.79 Å². The minimum absolute atomic E-state index is 0. The molecule has 0 aliphatic carbocycles. The van der Waals surface area contributed by atoms with Gasteiger partial charge < -0.3 is 15.0 Å². The fourth-order valence-electron chi connectivity index (χ4n) is 0. The van der Waals surface area contributed by atoms with Gasteiger partial charge in [-0.15, -0.1) is 0 Å². The van der Waals surface area contributed by atoms with Crippen LogP contribution in [0.5, 0.6) is 0 Å². The van der Waals surface area contributed by atoms with Gasteiger partial charge in [-0.3, -0.25) is 0 Å². The predicted octanol–water partition coefficient (Wildman–Crippen LogP) is -1.50. The van der Waals surface area contributed by atoms with Gasteiger partial charge in [-0.25, -0.2) is 0 Å². The van der Waals surface area contributed by atoms with Crippen LogP contribution in [0.1, 0.15) is 0 Å². The van der Waals surface area contributed by atoms with Crippen LogP contribution in [0.25, 0.3) is 0 Å². The molecule has 6 heavy (non-hydrogen) atoms. The molecule has 0 saturated carbocycles. The maximum atomic E-state index is 8.44. The van der Waals surface area contributed by atoms with E-state index in [1.165, 1.54) is 0 Å². The molecule has 0 aromatic rings. The smallest absolute Gasteiger partial charge is 0.565 e. The summed E-state index contributed by atoms with van der Waals surface area (Å²) < 4.78 is 0. The van der Waals surface area contributed by atoms with Crippen LogP contribution in [-0.2, 0) is 21.1 Å². The average molecular weight is 296 g/mol. The van der Waals surface area contributed by atoms with Crippen molar-refractivity contribution in [3.8, 4) is 0 Å². The van der Waals surface area contributed by atoms with E-state index in [1.54, 1.807) is 0 Å². The van der Waals surface area contributed by atoms with Crippen LogP contribution in [0.3, 0.4) is 0 Å². The molecule has 0 bridgehead atoms. The van der Waals surface area contributed by atoms with Crippen LogP contribution in [0, 0.1) is 0 Å².